The van der Waals surface area contributed by atoms with Gasteiger partial charge in [0.2, 0.25) is 0 Å². The smallest absolute Gasteiger partial charge is 0.165 e. The molecule has 0 bridgehead atoms. The molecule has 122 valence electrons. The summed E-state index contributed by atoms with van der Waals surface area (Å²) >= 11 is 3.53. The number of phenolic OH excluding ortho intramolecular Hbond substituents is 1. The zero-order valence-corrected chi connectivity index (χ0v) is 14.5. The van der Waals surface area contributed by atoms with Gasteiger partial charge in [-0.2, -0.15) is 0 Å². The van der Waals surface area contributed by atoms with Crippen LogP contribution in [0.3, 0.4) is 0 Å². The van der Waals surface area contributed by atoms with Gasteiger partial charge in [-0.25, -0.2) is 9.97 Å². The maximum absolute atomic E-state index is 10.2. The second kappa shape index (κ2) is 6.37. The molecule has 0 unspecified atom stereocenters. The minimum atomic E-state index is 0.182. The molecule has 2 aromatic carbocycles. The van der Waals surface area contributed by atoms with Crippen molar-refractivity contribution in [2.75, 3.05) is 31.2 Å². The van der Waals surface area contributed by atoms with Crippen molar-refractivity contribution in [1.29, 1.82) is 0 Å². The van der Waals surface area contributed by atoms with Crippen molar-refractivity contribution in [1.82, 2.24) is 9.97 Å². The minimum Gasteiger partial charge on any atom is -0.507 e. The highest BCUT2D eigenvalue weighted by Gasteiger charge is 2.19. The number of morpholine rings is 1. The van der Waals surface area contributed by atoms with E-state index in [4.69, 9.17) is 9.72 Å². The third-order valence-corrected chi connectivity index (χ3v) is 4.59. The van der Waals surface area contributed by atoms with Crippen LogP contribution in [-0.4, -0.2) is 41.4 Å². The number of para-hydroxylation sites is 1. The molecule has 0 aliphatic carbocycles. The third-order valence-electron chi connectivity index (χ3n) is 4.09. The van der Waals surface area contributed by atoms with Gasteiger partial charge in [-0.05, 0) is 30.3 Å². The quantitative estimate of drug-likeness (QED) is 0.730. The first kappa shape index (κ1) is 15.4. The first-order valence-electron chi connectivity index (χ1n) is 7.81. The zero-order chi connectivity index (χ0) is 16.5. The predicted molar refractivity (Wildman–Crippen MR) is 97.4 cm³/mol. The molecule has 0 saturated carbocycles. The highest BCUT2D eigenvalue weighted by atomic mass is 79.9. The van der Waals surface area contributed by atoms with Gasteiger partial charge in [-0.15, -0.1) is 0 Å². The molecule has 1 aromatic heterocycles. The van der Waals surface area contributed by atoms with Crippen LogP contribution in [0.5, 0.6) is 5.75 Å². The van der Waals surface area contributed by atoms with Crippen molar-refractivity contribution in [3.63, 3.8) is 0 Å². The van der Waals surface area contributed by atoms with Crippen molar-refractivity contribution in [2.45, 2.75) is 0 Å². The van der Waals surface area contributed by atoms with Gasteiger partial charge in [0, 0.05) is 22.9 Å². The van der Waals surface area contributed by atoms with E-state index >= 15 is 0 Å². The number of aromatic nitrogens is 2. The fourth-order valence-corrected chi connectivity index (χ4v) is 3.24. The van der Waals surface area contributed by atoms with Crippen LogP contribution < -0.4 is 4.90 Å². The van der Waals surface area contributed by atoms with E-state index in [0.29, 0.717) is 24.6 Å². The topological polar surface area (TPSA) is 58.5 Å². The van der Waals surface area contributed by atoms with Crippen LogP contribution in [-0.2, 0) is 4.74 Å². The Balaban J connectivity index is 1.93. The molecule has 0 atom stereocenters. The molecule has 24 heavy (non-hydrogen) atoms. The fourth-order valence-electron chi connectivity index (χ4n) is 2.88. The lowest BCUT2D eigenvalue weighted by molar-refractivity contribution is 0.122. The monoisotopic (exact) mass is 385 g/mol. The summed E-state index contributed by atoms with van der Waals surface area (Å²) in [6, 6.07) is 13.1. The Morgan fingerprint density at radius 1 is 1.04 bits per heavy atom. The molecular weight excluding hydrogens is 370 g/mol. The van der Waals surface area contributed by atoms with E-state index < -0.39 is 0 Å². The summed E-state index contributed by atoms with van der Waals surface area (Å²) < 4.78 is 6.45. The summed E-state index contributed by atoms with van der Waals surface area (Å²) in [5.74, 6) is 1.59. The van der Waals surface area contributed by atoms with E-state index in [1.165, 1.54) is 0 Å². The van der Waals surface area contributed by atoms with Gasteiger partial charge in [-0.1, -0.05) is 28.1 Å². The lowest BCUT2D eigenvalue weighted by Gasteiger charge is -2.29. The maximum Gasteiger partial charge on any atom is 0.165 e. The Bertz CT molecular complexity index is 895. The van der Waals surface area contributed by atoms with Gasteiger partial charge in [0.1, 0.15) is 11.6 Å². The molecule has 0 spiro atoms. The molecule has 3 aromatic rings. The molecule has 2 heterocycles. The van der Waals surface area contributed by atoms with Crippen molar-refractivity contribution >= 4 is 32.7 Å². The van der Waals surface area contributed by atoms with Crippen molar-refractivity contribution in [3.8, 4) is 17.1 Å². The highest BCUT2D eigenvalue weighted by molar-refractivity contribution is 9.10. The van der Waals surface area contributed by atoms with E-state index in [0.717, 1.165) is 34.3 Å². The summed E-state index contributed by atoms with van der Waals surface area (Å²) in [6.45, 7) is 2.95. The van der Waals surface area contributed by atoms with Gasteiger partial charge < -0.3 is 14.7 Å². The van der Waals surface area contributed by atoms with Gasteiger partial charge >= 0.3 is 0 Å². The summed E-state index contributed by atoms with van der Waals surface area (Å²) in [6.07, 6.45) is 0. The Labute approximate surface area is 148 Å². The Hall–Kier alpha value is -2.18. The van der Waals surface area contributed by atoms with Crippen molar-refractivity contribution in [3.05, 3.63) is 46.9 Å². The van der Waals surface area contributed by atoms with Gasteiger partial charge in [0.05, 0.1) is 24.3 Å². The summed E-state index contributed by atoms with van der Waals surface area (Å²) in [7, 11) is 0. The molecule has 1 aliphatic heterocycles. The van der Waals surface area contributed by atoms with Crippen LogP contribution in [0, 0.1) is 0 Å². The number of rotatable bonds is 2. The Kier molecular flexibility index (Phi) is 4.08. The SMILES string of the molecule is Oc1ccccc1-c1nc(N2CCOCC2)c2cc(Br)ccc2n1. The zero-order valence-electron chi connectivity index (χ0n) is 12.9. The van der Waals surface area contributed by atoms with Crippen LogP contribution in [0.2, 0.25) is 0 Å². The van der Waals surface area contributed by atoms with E-state index in [2.05, 4.69) is 25.8 Å². The van der Waals surface area contributed by atoms with Crippen molar-refractivity contribution < 1.29 is 9.84 Å². The second-order valence-corrected chi connectivity index (χ2v) is 6.56. The lowest BCUT2D eigenvalue weighted by Crippen LogP contribution is -2.37. The minimum absolute atomic E-state index is 0.182. The number of ether oxygens (including phenoxy) is 1. The number of hydrogen-bond acceptors (Lipinski definition) is 5. The maximum atomic E-state index is 10.2. The largest absolute Gasteiger partial charge is 0.507 e. The van der Waals surface area contributed by atoms with E-state index in [1.807, 2.05) is 30.3 Å². The molecule has 5 nitrogen and oxygen atoms in total. The number of benzene rings is 2. The average molecular weight is 386 g/mol. The first-order chi connectivity index (χ1) is 11.7. The molecule has 6 heteroatoms. The fraction of sp³-hybridized carbons (Fsp3) is 0.222. The molecule has 1 fully saturated rings. The summed E-state index contributed by atoms with van der Waals surface area (Å²) in [5.41, 5.74) is 1.49. The number of nitrogens with zero attached hydrogens (tertiary/aromatic N) is 3. The molecule has 1 N–H and O–H groups in total. The number of halogens is 1. The molecule has 4 rings (SSSR count). The highest BCUT2D eigenvalue weighted by Crippen LogP contribution is 2.32. The molecular formula is C18H16BrN3O2. The van der Waals surface area contributed by atoms with Gasteiger partial charge in [0.25, 0.3) is 0 Å². The molecule has 1 saturated heterocycles. The van der Waals surface area contributed by atoms with Crippen molar-refractivity contribution in [2.24, 2.45) is 0 Å². The van der Waals surface area contributed by atoms with E-state index in [-0.39, 0.29) is 5.75 Å². The molecule has 0 radical (unpaired) electrons. The normalized spacial score (nSPS) is 15.0. The number of phenols is 1. The summed E-state index contributed by atoms with van der Waals surface area (Å²) in [5, 5.41) is 11.2. The number of fused-ring (bicyclic) bond motifs is 1. The number of anilines is 1. The second-order valence-electron chi connectivity index (χ2n) is 5.65. The standard InChI is InChI=1S/C18H16BrN3O2/c19-12-5-6-15-14(11-12)18(22-7-9-24-10-8-22)21-17(20-15)13-3-1-2-4-16(13)23/h1-6,11,23H,7-10H2. The lowest BCUT2D eigenvalue weighted by atomic mass is 10.1. The predicted octanol–water partition coefficient (Wildman–Crippen LogP) is 3.60. The molecule has 0 amide bonds. The summed E-state index contributed by atoms with van der Waals surface area (Å²) in [4.78, 5) is 11.6. The van der Waals surface area contributed by atoms with Crippen LogP contribution in [0.1, 0.15) is 0 Å². The van der Waals surface area contributed by atoms with Gasteiger partial charge in [-0.3, -0.25) is 0 Å². The third kappa shape index (κ3) is 2.83. The molecule has 1 aliphatic rings. The number of hydrogen-bond donors (Lipinski definition) is 1. The Morgan fingerprint density at radius 2 is 1.83 bits per heavy atom. The Morgan fingerprint density at radius 3 is 2.62 bits per heavy atom. The number of aromatic hydroxyl groups is 1. The van der Waals surface area contributed by atoms with E-state index in [9.17, 15) is 5.11 Å². The van der Waals surface area contributed by atoms with Crippen LogP contribution in [0.15, 0.2) is 46.9 Å². The first-order valence-corrected chi connectivity index (χ1v) is 8.60. The van der Waals surface area contributed by atoms with Crippen LogP contribution >= 0.6 is 15.9 Å². The average Bonchev–Trinajstić information content (AvgIpc) is 2.62. The van der Waals surface area contributed by atoms with Crippen LogP contribution in [0.4, 0.5) is 5.82 Å². The van der Waals surface area contributed by atoms with Crippen LogP contribution in [0.25, 0.3) is 22.3 Å². The van der Waals surface area contributed by atoms with Gasteiger partial charge in [0.15, 0.2) is 5.82 Å². The van der Waals surface area contributed by atoms with E-state index in [1.54, 1.807) is 12.1 Å².